The number of aliphatic hydroxyl groups excluding tert-OH is 2. The first-order valence-electron chi connectivity index (χ1n) is 6.67. The molecular weight excluding hydrogens is 462 g/mol. The normalized spacial score (nSPS) is 21.7. The second kappa shape index (κ2) is 10.8. The fraction of sp³-hybridized carbons (Fsp3) is 1.00. The van der Waals surface area contributed by atoms with Crippen LogP contribution in [0, 0.1) is 0 Å². The van der Waals surface area contributed by atoms with Gasteiger partial charge in [-0.1, -0.05) is 0 Å². The molecule has 4 nitrogen and oxygen atoms in total. The Labute approximate surface area is 151 Å². The molecule has 0 aliphatic carbocycles. The summed E-state index contributed by atoms with van der Waals surface area (Å²) in [5.41, 5.74) is 0. The summed E-state index contributed by atoms with van der Waals surface area (Å²) in [6, 6.07) is 0. The summed E-state index contributed by atoms with van der Waals surface area (Å²) in [5.74, 6) is -5.95. The minimum absolute atomic E-state index is 3.42. The minimum atomic E-state index is -5.95. The van der Waals surface area contributed by atoms with Crippen molar-refractivity contribution in [1.82, 2.24) is 0 Å². The van der Waals surface area contributed by atoms with Crippen LogP contribution in [0.1, 0.15) is 0 Å². The monoisotopic (exact) mass is 474 g/mol. The highest BCUT2D eigenvalue weighted by Gasteiger charge is 2.65. The molecule has 0 aliphatic rings. The molecule has 8 unspecified atom stereocenters. The topological polar surface area (TPSA) is 80.9 Å². The van der Waals surface area contributed by atoms with Gasteiger partial charge in [0.1, 0.15) is 0 Å². The van der Waals surface area contributed by atoms with Crippen molar-refractivity contribution < 1.29 is 81.9 Å². The van der Waals surface area contributed by atoms with Crippen molar-refractivity contribution in [2.75, 3.05) is 0 Å². The van der Waals surface area contributed by atoms with Crippen LogP contribution < -0.4 is 0 Å². The lowest BCUT2D eigenvalue weighted by molar-refractivity contribution is -0.349. The Balaban J connectivity index is 0. The molecule has 0 aromatic rings. The summed E-state index contributed by atoms with van der Waals surface area (Å²) in [4.78, 5) is 0. The van der Waals surface area contributed by atoms with Crippen molar-refractivity contribution in [1.29, 1.82) is 0 Å². The molecule has 4 N–H and O–H groups in total. The molecule has 0 rings (SSSR count). The number of rotatable bonds is 9. The smallest absolute Gasteiger partial charge is 0.362 e. The van der Waals surface area contributed by atoms with E-state index in [1.807, 2.05) is 0 Å². The van der Waals surface area contributed by atoms with Crippen LogP contribution in [0.4, 0.5) is 61.5 Å². The summed E-state index contributed by atoms with van der Waals surface area (Å²) >= 11 is 0. The Bertz CT molecular complexity index is 467. The van der Waals surface area contributed by atoms with Gasteiger partial charge in [-0.2, -0.15) is 26.3 Å². The summed E-state index contributed by atoms with van der Waals surface area (Å²) < 4.78 is 167. The van der Waals surface area contributed by atoms with Gasteiger partial charge < -0.3 is 20.4 Å². The number of alkyl halides is 14. The minimum Gasteiger partial charge on any atom is -0.362 e. The highest BCUT2D eigenvalue weighted by molar-refractivity contribution is 4.92. The molecule has 0 saturated heterocycles. The quantitative estimate of drug-likeness (QED) is 0.387. The first-order valence-corrected chi connectivity index (χ1v) is 6.67. The molecule has 0 aliphatic heterocycles. The van der Waals surface area contributed by atoms with Crippen LogP contribution in [0.2, 0.25) is 0 Å². The van der Waals surface area contributed by atoms with Crippen LogP contribution in [0.5, 0.6) is 0 Å². The first-order chi connectivity index (χ1) is 12.6. The number of aliphatic hydroxyl groups is 4. The second-order valence-corrected chi connectivity index (χ2v) is 5.08. The van der Waals surface area contributed by atoms with E-state index in [2.05, 4.69) is 0 Å². The molecular formula is C11H12F14O4. The maximum atomic E-state index is 12.4. The van der Waals surface area contributed by atoms with Gasteiger partial charge in [0.2, 0.25) is 25.1 Å². The van der Waals surface area contributed by atoms with Gasteiger partial charge in [-0.05, 0) is 0 Å². The van der Waals surface area contributed by atoms with E-state index in [-0.39, 0.29) is 0 Å². The van der Waals surface area contributed by atoms with E-state index in [9.17, 15) is 61.5 Å². The molecule has 0 bridgehead atoms. The van der Waals surface area contributed by atoms with Gasteiger partial charge in [0, 0.05) is 0 Å². The highest BCUT2D eigenvalue weighted by Crippen LogP contribution is 2.39. The van der Waals surface area contributed by atoms with Crippen molar-refractivity contribution in [2.24, 2.45) is 0 Å². The Morgan fingerprint density at radius 2 is 0.759 bits per heavy atom. The van der Waals surface area contributed by atoms with E-state index in [1.54, 1.807) is 0 Å². The van der Waals surface area contributed by atoms with E-state index < -0.39 is 67.9 Å². The first kappa shape index (κ1) is 30.1. The number of hydrogen-bond donors (Lipinski definition) is 4. The Morgan fingerprint density at radius 1 is 0.483 bits per heavy atom. The molecule has 0 aromatic heterocycles. The van der Waals surface area contributed by atoms with Crippen molar-refractivity contribution in [3.8, 4) is 0 Å². The van der Waals surface area contributed by atoms with Crippen molar-refractivity contribution in [2.45, 2.75) is 67.9 Å². The number of hydrogen-bond acceptors (Lipinski definition) is 4. The molecule has 0 amide bonds. The summed E-state index contributed by atoms with van der Waals surface area (Å²) in [5, 5.41) is 30.6. The molecule has 178 valence electrons. The lowest BCUT2D eigenvalue weighted by Gasteiger charge is -2.27. The van der Waals surface area contributed by atoms with Crippen LogP contribution in [-0.2, 0) is 0 Å². The Hall–Kier alpha value is -1.14. The van der Waals surface area contributed by atoms with Gasteiger partial charge in [0.05, 0.1) is 0 Å². The van der Waals surface area contributed by atoms with Gasteiger partial charge in [-0.15, -0.1) is 0 Å². The van der Waals surface area contributed by atoms with Gasteiger partial charge in [0.15, 0.2) is 24.7 Å². The van der Waals surface area contributed by atoms with Crippen LogP contribution in [0.3, 0.4) is 0 Å². The lowest BCUT2D eigenvalue weighted by Crippen LogP contribution is -2.54. The SMILES string of the molecule is OC(F)C(F)C(F)C(F)C(F)(F)C(O)(F)F.OC(F)C(F)C(F)C(F)C(O)(F)F. The zero-order chi connectivity index (χ0) is 24.1. The third-order valence-electron chi connectivity index (χ3n) is 2.77. The van der Waals surface area contributed by atoms with Gasteiger partial charge in [-0.25, -0.2) is 35.1 Å². The third kappa shape index (κ3) is 8.63. The van der Waals surface area contributed by atoms with E-state index in [1.165, 1.54) is 0 Å². The zero-order valence-electron chi connectivity index (χ0n) is 13.2. The van der Waals surface area contributed by atoms with Crippen LogP contribution in [0.15, 0.2) is 0 Å². The van der Waals surface area contributed by atoms with Crippen molar-refractivity contribution >= 4 is 0 Å². The second-order valence-electron chi connectivity index (χ2n) is 5.08. The van der Waals surface area contributed by atoms with Gasteiger partial charge >= 0.3 is 18.1 Å². The molecule has 0 aromatic carbocycles. The summed E-state index contributed by atoms with van der Waals surface area (Å²) in [6.45, 7) is 0. The predicted molar refractivity (Wildman–Crippen MR) is 62.9 cm³/mol. The van der Waals surface area contributed by atoms with E-state index >= 15 is 0 Å². The van der Waals surface area contributed by atoms with Crippen LogP contribution >= 0.6 is 0 Å². The molecule has 8 atom stereocenters. The maximum Gasteiger partial charge on any atom is 0.420 e. The lowest BCUT2D eigenvalue weighted by atomic mass is 10.0. The molecule has 0 fully saturated rings. The van der Waals surface area contributed by atoms with E-state index in [0.29, 0.717) is 0 Å². The summed E-state index contributed by atoms with van der Waals surface area (Å²) in [7, 11) is 0. The fourth-order valence-corrected chi connectivity index (χ4v) is 1.18. The van der Waals surface area contributed by atoms with Crippen molar-refractivity contribution in [3.63, 3.8) is 0 Å². The van der Waals surface area contributed by atoms with Crippen LogP contribution in [0.25, 0.3) is 0 Å². The molecule has 29 heavy (non-hydrogen) atoms. The van der Waals surface area contributed by atoms with E-state index in [0.717, 1.165) is 0 Å². The zero-order valence-corrected chi connectivity index (χ0v) is 13.2. The predicted octanol–water partition coefficient (Wildman–Crippen LogP) is 2.38. The maximum absolute atomic E-state index is 12.4. The molecule has 0 radical (unpaired) electrons. The molecule has 0 spiro atoms. The Kier molecular flexibility index (Phi) is 11.2. The summed E-state index contributed by atoms with van der Waals surface area (Å²) in [6.07, 6.45) is -41.5. The highest BCUT2D eigenvalue weighted by atomic mass is 19.3. The largest absolute Gasteiger partial charge is 0.420 e. The average Bonchev–Trinajstić information content (AvgIpc) is 2.56. The number of halogens is 14. The molecule has 0 saturated carbocycles. The molecule has 0 heterocycles. The van der Waals surface area contributed by atoms with Crippen molar-refractivity contribution in [3.05, 3.63) is 0 Å². The van der Waals surface area contributed by atoms with Gasteiger partial charge in [0.25, 0.3) is 0 Å². The van der Waals surface area contributed by atoms with Crippen LogP contribution in [-0.4, -0.2) is 88.3 Å². The third-order valence-corrected chi connectivity index (χ3v) is 2.77. The standard InChI is InChI=1S/C6H6F8O2.C5H6F6O2/c7-1(2(8)4(10)15)3(9)5(11,12)6(13,14)16;6-1(2(7)4(9)12)3(8)5(10,11)13/h1-4,15-16H;1-4,12-13H. The Morgan fingerprint density at radius 3 is 0.966 bits per heavy atom. The van der Waals surface area contributed by atoms with Gasteiger partial charge in [-0.3, -0.25) is 0 Å². The fourth-order valence-electron chi connectivity index (χ4n) is 1.18. The average molecular weight is 474 g/mol. The van der Waals surface area contributed by atoms with E-state index in [4.69, 9.17) is 20.4 Å². The molecule has 18 heteroatoms.